The largest absolute Gasteiger partial charge is 0.455 e. The second-order valence-corrected chi connectivity index (χ2v) is 14.7. The maximum absolute atomic E-state index is 6.79. The molecule has 0 saturated heterocycles. The molecule has 4 aromatic heterocycles. The van der Waals surface area contributed by atoms with Gasteiger partial charge in [0.25, 0.3) is 0 Å². The van der Waals surface area contributed by atoms with E-state index in [-0.39, 0.29) is 0 Å². The molecule has 8 aromatic carbocycles. The predicted molar refractivity (Wildman–Crippen MR) is 237 cm³/mol. The maximum atomic E-state index is 6.79. The first-order valence-electron chi connectivity index (χ1n) is 19.4. The van der Waals surface area contributed by atoms with Gasteiger partial charge in [-0.2, -0.15) is 0 Å². The van der Waals surface area contributed by atoms with E-state index >= 15 is 0 Å². The molecule has 270 valence electrons. The number of para-hydroxylation sites is 4. The van der Waals surface area contributed by atoms with E-state index in [1.807, 2.05) is 54.6 Å². The summed E-state index contributed by atoms with van der Waals surface area (Å²) in [4.78, 5) is 15.4. The van der Waals surface area contributed by atoms with Gasteiger partial charge in [0.15, 0.2) is 5.82 Å². The van der Waals surface area contributed by atoms with Crippen molar-refractivity contribution in [3.63, 3.8) is 0 Å². The molecule has 0 aliphatic rings. The number of benzene rings is 8. The summed E-state index contributed by atoms with van der Waals surface area (Å²) >= 11 is 0. The van der Waals surface area contributed by atoms with Crippen LogP contribution in [0.3, 0.4) is 0 Å². The highest BCUT2D eigenvalue weighted by molar-refractivity contribution is 6.29. The first kappa shape index (κ1) is 32.4. The molecule has 0 unspecified atom stereocenters. The van der Waals surface area contributed by atoms with Crippen molar-refractivity contribution in [2.45, 2.75) is 0 Å². The third-order valence-corrected chi connectivity index (χ3v) is 11.3. The number of hydrogen-bond donors (Lipinski definition) is 0. The highest BCUT2D eigenvalue weighted by Crippen LogP contribution is 2.44. The zero-order chi connectivity index (χ0) is 38.2. The Balaban J connectivity index is 1.01. The molecule has 4 heterocycles. The number of rotatable bonds is 5. The van der Waals surface area contributed by atoms with Gasteiger partial charge in [-0.1, -0.05) is 152 Å². The molecule has 58 heavy (non-hydrogen) atoms. The van der Waals surface area contributed by atoms with Gasteiger partial charge in [-0.25, -0.2) is 15.0 Å². The average molecular weight is 742 g/mol. The molecule has 0 aliphatic carbocycles. The minimum atomic E-state index is 0.655. The molecular weight excluding hydrogens is 711 g/mol. The van der Waals surface area contributed by atoms with Crippen LogP contribution >= 0.6 is 0 Å². The van der Waals surface area contributed by atoms with Crippen LogP contribution in [0.2, 0.25) is 0 Å². The quantitative estimate of drug-likeness (QED) is 0.164. The average Bonchev–Trinajstić information content (AvgIpc) is 3.88. The van der Waals surface area contributed by atoms with Crippen molar-refractivity contribution in [3.05, 3.63) is 188 Å². The van der Waals surface area contributed by atoms with Gasteiger partial charge in [-0.3, -0.25) is 0 Å². The molecule has 0 amide bonds. The van der Waals surface area contributed by atoms with Crippen molar-refractivity contribution in [1.29, 1.82) is 0 Å². The first-order valence-corrected chi connectivity index (χ1v) is 19.4. The van der Waals surface area contributed by atoms with Gasteiger partial charge >= 0.3 is 0 Å². The number of fused-ring (bicyclic) bond motifs is 10. The van der Waals surface area contributed by atoms with Gasteiger partial charge in [-0.05, 0) is 42.0 Å². The minimum Gasteiger partial charge on any atom is -0.455 e. The van der Waals surface area contributed by atoms with Gasteiger partial charge < -0.3 is 8.83 Å². The summed E-state index contributed by atoms with van der Waals surface area (Å²) in [6.45, 7) is 0. The van der Waals surface area contributed by atoms with Gasteiger partial charge in [0.2, 0.25) is 0 Å². The Morgan fingerprint density at radius 2 is 0.948 bits per heavy atom. The van der Waals surface area contributed by atoms with Gasteiger partial charge in [0.05, 0.1) is 22.6 Å². The van der Waals surface area contributed by atoms with Crippen LogP contribution in [0.5, 0.6) is 0 Å². The lowest BCUT2D eigenvalue weighted by Gasteiger charge is -2.11. The topological polar surface area (TPSA) is 65.0 Å². The lowest BCUT2D eigenvalue weighted by molar-refractivity contribution is 0.669. The molecule has 0 bridgehead atoms. The molecule has 12 rings (SSSR count). The smallest absolute Gasteiger partial charge is 0.160 e. The number of furan rings is 2. The number of hydrogen-bond acceptors (Lipinski definition) is 5. The Kier molecular flexibility index (Phi) is 7.16. The highest BCUT2D eigenvalue weighted by Gasteiger charge is 2.20. The fraction of sp³-hybridized carbons (Fsp3) is 0. The fourth-order valence-electron chi connectivity index (χ4n) is 8.59. The van der Waals surface area contributed by atoms with Crippen molar-refractivity contribution in [2.75, 3.05) is 0 Å². The van der Waals surface area contributed by atoms with E-state index in [4.69, 9.17) is 23.8 Å². The third-order valence-electron chi connectivity index (χ3n) is 11.3. The summed E-state index contributed by atoms with van der Waals surface area (Å²) in [6.07, 6.45) is 0. The SMILES string of the molecule is c1ccc(-c2nc(-c3ccc(-c4cccc5c4oc4ccc6c(-c7ccccc7)nc7ccccc7c6c45)cc3)cc(-c3cccc4c3oc3ccccc34)n2)cc1. The van der Waals surface area contributed by atoms with E-state index in [0.29, 0.717) is 5.82 Å². The van der Waals surface area contributed by atoms with Crippen LogP contribution in [0.1, 0.15) is 0 Å². The molecule has 0 aliphatic heterocycles. The lowest BCUT2D eigenvalue weighted by atomic mass is 9.95. The first-order chi connectivity index (χ1) is 28.7. The molecule has 12 aromatic rings. The molecule has 5 heteroatoms. The van der Waals surface area contributed by atoms with Gasteiger partial charge in [-0.15, -0.1) is 0 Å². The normalized spacial score (nSPS) is 11.8. The number of aromatic nitrogens is 3. The Bertz CT molecular complexity index is 3550. The van der Waals surface area contributed by atoms with Crippen LogP contribution in [0, 0.1) is 0 Å². The summed E-state index contributed by atoms with van der Waals surface area (Å²) < 4.78 is 13.2. The van der Waals surface area contributed by atoms with Crippen LogP contribution < -0.4 is 0 Å². The Morgan fingerprint density at radius 3 is 1.78 bits per heavy atom. The maximum Gasteiger partial charge on any atom is 0.160 e. The molecule has 0 fully saturated rings. The van der Waals surface area contributed by atoms with Crippen molar-refractivity contribution >= 4 is 65.6 Å². The fourth-order valence-corrected chi connectivity index (χ4v) is 8.59. The van der Waals surface area contributed by atoms with Crippen LogP contribution in [0.4, 0.5) is 0 Å². The van der Waals surface area contributed by atoms with Crippen LogP contribution in [0.25, 0.3) is 122 Å². The highest BCUT2D eigenvalue weighted by atomic mass is 16.3. The second kappa shape index (κ2) is 12.8. The van der Waals surface area contributed by atoms with Crippen LogP contribution in [-0.2, 0) is 0 Å². The van der Waals surface area contributed by atoms with E-state index in [1.165, 1.54) is 0 Å². The van der Waals surface area contributed by atoms with Crippen LogP contribution in [0.15, 0.2) is 197 Å². The number of pyridine rings is 1. The summed E-state index contributed by atoms with van der Waals surface area (Å²) in [7, 11) is 0. The monoisotopic (exact) mass is 741 g/mol. The molecule has 0 radical (unpaired) electrons. The number of nitrogens with zero attached hydrogens (tertiary/aromatic N) is 3. The van der Waals surface area contributed by atoms with Crippen molar-refractivity contribution < 1.29 is 8.83 Å². The van der Waals surface area contributed by atoms with E-state index in [0.717, 1.165) is 116 Å². The molecular formula is C53H31N3O2. The summed E-state index contributed by atoms with van der Waals surface area (Å²) in [5.41, 5.74) is 13.0. The summed E-state index contributed by atoms with van der Waals surface area (Å²) in [5, 5.41) is 7.69. The minimum absolute atomic E-state index is 0.655. The summed E-state index contributed by atoms with van der Waals surface area (Å²) in [6, 6.07) is 64.7. The molecule has 5 nitrogen and oxygen atoms in total. The second-order valence-electron chi connectivity index (χ2n) is 14.7. The van der Waals surface area contributed by atoms with E-state index in [1.54, 1.807) is 0 Å². The standard InChI is InChI=1S/C53H31N3O2/c1-3-13-34(14-4-1)50-41-29-30-47-49(48(41)39-18-7-9-23-43(39)54-50)42-22-11-19-36(51(42)58-47)32-25-27-33(28-26-32)44-31-45(56-53(55-44)35-15-5-2-6-16-35)40-21-12-20-38-37-17-8-10-24-46(37)57-52(38)40/h1-31H. The Morgan fingerprint density at radius 1 is 0.328 bits per heavy atom. The molecule has 0 atom stereocenters. The lowest BCUT2D eigenvalue weighted by Crippen LogP contribution is -1.96. The van der Waals surface area contributed by atoms with E-state index in [9.17, 15) is 0 Å². The molecule has 0 spiro atoms. The van der Waals surface area contributed by atoms with Crippen molar-refractivity contribution in [3.8, 4) is 56.3 Å². The van der Waals surface area contributed by atoms with Gasteiger partial charge in [0.1, 0.15) is 22.3 Å². The van der Waals surface area contributed by atoms with Crippen molar-refractivity contribution in [2.24, 2.45) is 0 Å². The Labute approximate surface area is 332 Å². The van der Waals surface area contributed by atoms with Crippen LogP contribution in [-0.4, -0.2) is 15.0 Å². The van der Waals surface area contributed by atoms with E-state index < -0.39 is 0 Å². The van der Waals surface area contributed by atoms with Gasteiger partial charge in [0, 0.05) is 65.5 Å². The van der Waals surface area contributed by atoms with E-state index in [2.05, 4.69) is 133 Å². The zero-order valence-corrected chi connectivity index (χ0v) is 31.1. The third kappa shape index (κ3) is 5.07. The zero-order valence-electron chi connectivity index (χ0n) is 31.1. The molecule has 0 saturated carbocycles. The predicted octanol–water partition coefficient (Wildman–Crippen LogP) is 14.3. The molecule has 0 N–H and O–H groups in total. The van der Waals surface area contributed by atoms with Crippen molar-refractivity contribution in [1.82, 2.24) is 15.0 Å². The Hall–Kier alpha value is -7.89. The summed E-state index contributed by atoms with van der Waals surface area (Å²) in [5.74, 6) is 0.655.